The predicted molar refractivity (Wildman–Crippen MR) is 67.5 cm³/mol. The molecule has 0 aliphatic rings. The third kappa shape index (κ3) is 2.82. The zero-order valence-electron chi connectivity index (χ0n) is 9.66. The van der Waals surface area contributed by atoms with Crippen LogP contribution in [-0.4, -0.2) is 14.9 Å². The van der Waals surface area contributed by atoms with Gasteiger partial charge in [0.15, 0.2) is 0 Å². The van der Waals surface area contributed by atoms with Gasteiger partial charge in [0.05, 0.1) is 5.69 Å². The molecule has 0 fully saturated rings. The molecule has 0 aliphatic heterocycles. The van der Waals surface area contributed by atoms with Crippen molar-refractivity contribution in [2.45, 2.75) is 19.1 Å². The minimum atomic E-state index is -0.645. The Balaban J connectivity index is 2.05. The maximum absolute atomic E-state index is 9.72. The summed E-state index contributed by atoms with van der Waals surface area (Å²) >= 11 is 0. The van der Waals surface area contributed by atoms with E-state index in [1.807, 2.05) is 28.9 Å². The van der Waals surface area contributed by atoms with Crippen LogP contribution in [0.5, 0.6) is 0 Å². The normalized spacial score (nSPS) is 12.3. The van der Waals surface area contributed by atoms with E-state index in [1.54, 1.807) is 6.20 Å². The van der Waals surface area contributed by atoms with Crippen molar-refractivity contribution < 1.29 is 5.11 Å². The third-order valence-electron chi connectivity index (χ3n) is 2.73. The van der Waals surface area contributed by atoms with E-state index in [4.69, 9.17) is 0 Å². The minimum absolute atomic E-state index is 0.645. The molecule has 2 rings (SSSR count). The quantitative estimate of drug-likeness (QED) is 0.798. The molecule has 3 nitrogen and oxygen atoms in total. The summed E-state index contributed by atoms with van der Waals surface area (Å²) in [4.78, 5) is 0. The van der Waals surface area contributed by atoms with Crippen LogP contribution in [0.1, 0.15) is 17.4 Å². The van der Waals surface area contributed by atoms with Gasteiger partial charge in [0.2, 0.25) is 0 Å². The number of aromatic nitrogens is 2. The Morgan fingerprint density at radius 2 is 2.06 bits per heavy atom. The van der Waals surface area contributed by atoms with Gasteiger partial charge in [-0.3, -0.25) is 4.68 Å². The van der Waals surface area contributed by atoms with Crippen LogP contribution in [0.3, 0.4) is 0 Å². The molecule has 0 aliphatic carbocycles. The maximum atomic E-state index is 9.72. The highest BCUT2D eigenvalue weighted by Gasteiger charge is 2.08. The Bertz CT molecular complexity index is 476. The zero-order chi connectivity index (χ0) is 12.1. The van der Waals surface area contributed by atoms with E-state index in [2.05, 4.69) is 23.8 Å². The first kappa shape index (κ1) is 11.6. The van der Waals surface area contributed by atoms with Crippen molar-refractivity contribution in [3.8, 4) is 0 Å². The van der Waals surface area contributed by atoms with Gasteiger partial charge in [-0.25, -0.2) is 0 Å². The van der Waals surface area contributed by atoms with Crippen molar-refractivity contribution in [3.05, 3.63) is 66.5 Å². The average Bonchev–Trinajstić information content (AvgIpc) is 2.85. The fourth-order valence-corrected chi connectivity index (χ4v) is 1.78. The molecule has 1 N–H and O–H groups in total. The third-order valence-corrected chi connectivity index (χ3v) is 2.73. The molecule has 1 aromatic carbocycles. The summed E-state index contributed by atoms with van der Waals surface area (Å²) in [5.41, 5.74) is 2.05. The molecular formula is C14H16N2O. The van der Waals surface area contributed by atoms with E-state index in [-0.39, 0.29) is 0 Å². The molecule has 17 heavy (non-hydrogen) atoms. The lowest BCUT2D eigenvalue weighted by Gasteiger charge is -2.09. The van der Waals surface area contributed by atoms with Crippen molar-refractivity contribution in [1.82, 2.24) is 9.78 Å². The summed E-state index contributed by atoms with van der Waals surface area (Å²) in [6.07, 6.45) is 3.47. The number of rotatable bonds is 5. The number of benzene rings is 1. The van der Waals surface area contributed by atoms with Gasteiger partial charge in [-0.2, -0.15) is 5.10 Å². The molecule has 88 valence electrons. The number of aryl methyl sites for hydroxylation is 2. The van der Waals surface area contributed by atoms with E-state index >= 15 is 0 Å². The second kappa shape index (κ2) is 5.46. The molecule has 0 saturated carbocycles. The lowest BCUT2D eigenvalue weighted by molar-refractivity contribution is 0.216. The second-order valence-corrected chi connectivity index (χ2v) is 3.90. The molecule has 3 heteroatoms. The van der Waals surface area contributed by atoms with Crippen LogP contribution >= 0.6 is 0 Å². The van der Waals surface area contributed by atoms with E-state index < -0.39 is 6.10 Å². The Kier molecular flexibility index (Phi) is 3.73. The minimum Gasteiger partial charge on any atom is -0.383 e. The molecule has 1 heterocycles. The van der Waals surface area contributed by atoms with Gasteiger partial charge in [-0.1, -0.05) is 36.4 Å². The highest BCUT2D eigenvalue weighted by atomic mass is 16.3. The van der Waals surface area contributed by atoms with Crippen molar-refractivity contribution in [2.24, 2.45) is 0 Å². The summed E-state index contributed by atoms with van der Waals surface area (Å²) in [5, 5.41) is 13.9. The molecule has 0 bridgehead atoms. The van der Waals surface area contributed by atoms with Crippen LogP contribution in [0.25, 0.3) is 0 Å². The molecule has 0 amide bonds. The highest BCUT2D eigenvalue weighted by molar-refractivity contribution is 5.15. The molecular weight excluding hydrogens is 212 g/mol. The van der Waals surface area contributed by atoms with Gasteiger partial charge in [0, 0.05) is 12.7 Å². The summed E-state index contributed by atoms with van der Waals surface area (Å²) in [7, 11) is 0. The summed E-state index contributed by atoms with van der Waals surface area (Å²) in [5.74, 6) is 0. The molecule has 1 aromatic heterocycles. The Labute approximate surface area is 101 Å². The van der Waals surface area contributed by atoms with Gasteiger partial charge in [0.25, 0.3) is 0 Å². The Morgan fingerprint density at radius 3 is 2.76 bits per heavy atom. The van der Waals surface area contributed by atoms with Crippen molar-refractivity contribution in [2.75, 3.05) is 0 Å². The van der Waals surface area contributed by atoms with Crippen LogP contribution in [-0.2, 0) is 13.0 Å². The van der Waals surface area contributed by atoms with Gasteiger partial charge < -0.3 is 5.11 Å². The first-order valence-corrected chi connectivity index (χ1v) is 5.67. The Hall–Kier alpha value is -1.87. The first-order chi connectivity index (χ1) is 8.31. The number of aliphatic hydroxyl groups excluding tert-OH is 1. The van der Waals surface area contributed by atoms with Gasteiger partial charge >= 0.3 is 0 Å². The van der Waals surface area contributed by atoms with Crippen LogP contribution < -0.4 is 0 Å². The van der Waals surface area contributed by atoms with Crippen molar-refractivity contribution >= 4 is 0 Å². The van der Waals surface area contributed by atoms with Crippen LogP contribution in [0.15, 0.2) is 55.3 Å². The summed E-state index contributed by atoms with van der Waals surface area (Å²) in [6, 6.07) is 12.1. The highest BCUT2D eigenvalue weighted by Crippen LogP contribution is 2.13. The fourth-order valence-electron chi connectivity index (χ4n) is 1.78. The van der Waals surface area contributed by atoms with E-state index in [0.717, 1.165) is 18.7 Å². The monoisotopic (exact) mass is 228 g/mol. The zero-order valence-corrected chi connectivity index (χ0v) is 9.66. The number of nitrogens with zero attached hydrogens (tertiary/aromatic N) is 2. The maximum Gasteiger partial charge on any atom is 0.113 e. The molecule has 1 atom stereocenters. The fraction of sp³-hybridized carbons (Fsp3) is 0.214. The SMILES string of the molecule is C=CC(O)c1ccnn1CCc1ccccc1. The largest absolute Gasteiger partial charge is 0.383 e. The predicted octanol–water partition coefficient (Wildman–Crippen LogP) is 2.35. The first-order valence-electron chi connectivity index (χ1n) is 5.67. The molecule has 0 radical (unpaired) electrons. The van der Waals surface area contributed by atoms with Gasteiger partial charge in [-0.05, 0) is 18.1 Å². The second-order valence-electron chi connectivity index (χ2n) is 3.90. The average molecular weight is 228 g/mol. The number of aliphatic hydroxyl groups is 1. The topological polar surface area (TPSA) is 38.1 Å². The summed E-state index contributed by atoms with van der Waals surface area (Å²) in [6.45, 7) is 4.35. The standard InChI is InChI=1S/C14H16N2O/c1-2-14(17)13-8-10-15-16(13)11-9-12-6-4-3-5-7-12/h2-8,10,14,17H,1,9,11H2. The van der Waals surface area contributed by atoms with Gasteiger partial charge in [-0.15, -0.1) is 6.58 Å². The van der Waals surface area contributed by atoms with E-state index in [1.165, 1.54) is 11.6 Å². The molecule has 1 unspecified atom stereocenters. The number of hydrogen-bond donors (Lipinski definition) is 1. The summed E-state index contributed by atoms with van der Waals surface area (Å²) < 4.78 is 1.82. The van der Waals surface area contributed by atoms with Crippen LogP contribution in [0.4, 0.5) is 0 Å². The lowest BCUT2D eigenvalue weighted by Crippen LogP contribution is -2.09. The lowest BCUT2D eigenvalue weighted by atomic mass is 10.1. The van der Waals surface area contributed by atoms with Crippen molar-refractivity contribution in [1.29, 1.82) is 0 Å². The molecule has 0 saturated heterocycles. The smallest absolute Gasteiger partial charge is 0.113 e. The number of hydrogen-bond acceptors (Lipinski definition) is 2. The van der Waals surface area contributed by atoms with E-state index in [0.29, 0.717) is 0 Å². The molecule has 0 spiro atoms. The van der Waals surface area contributed by atoms with Crippen LogP contribution in [0, 0.1) is 0 Å². The van der Waals surface area contributed by atoms with Crippen molar-refractivity contribution in [3.63, 3.8) is 0 Å². The van der Waals surface area contributed by atoms with Gasteiger partial charge in [0.1, 0.15) is 6.10 Å². The Morgan fingerprint density at radius 1 is 1.29 bits per heavy atom. The molecule has 2 aromatic rings. The van der Waals surface area contributed by atoms with E-state index in [9.17, 15) is 5.11 Å². The van der Waals surface area contributed by atoms with Crippen LogP contribution in [0.2, 0.25) is 0 Å².